The molecule has 0 radical (unpaired) electrons. The van der Waals surface area contributed by atoms with Gasteiger partial charge in [0.1, 0.15) is 0 Å². The van der Waals surface area contributed by atoms with Gasteiger partial charge in [0.05, 0.1) is 11.5 Å². The Morgan fingerprint density at radius 3 is 2.46 bits per heavy atom. The minimum absolute atomic E-state index is 0.0709. The molecule has 2 atom stereocenters. The summed E-state index contributed by atoms with van der Waals surface area (Å²) in [6.07, 6.45) is 1.01. The fraction of sp³-hybridized carbons (Fsp3) is 0.381. The van der Waals surface area contributed by atoms with Crippen molar-refractivity contribution in [3.63, 3.8) is 0 Å². The van der Waals surface area contributed by atoms with Crippen molar-refractivity contribution in [1.29, 1.82) is 0 Å². The molecule has 0 aliphatic carbocycles. The molecule has 1 amide bonds. The van der Waals surface area contributed by atoms with Crippen LogP contribution in [0.15, 0.2) is 54.6 Å². The van der Waals surface area contributed by atoms with Gasteiger partial charge in [-0.1, -0.05) is 61.0 Å². The van der Waals surface area contributed by atoms with Gasteiger partial charge < -0.3 is 4.90 Å². The van der Waals surface area contributed by atoms with Crippen LogP contribution < -0.4 is 0 Å². The van der Waals surface area contributed by atoms with E-state index in [1.165, 1.54) is 0 Å². The average Bonchev–Trinajstić information content (AvgIpc) is 2.55. The molecule has 1 aliphatic heterocycles. The number of nitrogens with zero attached hydrogens (tertiary/aromatic N) is 1. The number of benzene rings is 2. The second-order valence-electron chi connectivity index (χ2n) is 7.21. The molecule has 1 fully saturated rings. The maximum Gasteiger partial charge on any atom is 0.231 e. The van der Waals surface area contributed by atoms with Gasteiger partial charge in [0, 0.05) is 11.6 Å². The molecular weight excluding hydrogens is 318 g/mol. The predicted octanol–water partition coefficient (Wildman–Crippen LogP) is 5.23. The van der Waals surface area contributed by atoms with Gasteiger partial charge in [-0.3, -0.25) is 4.79 Å². The van der Waals surface area contributed by atoms with Crippen molar-refractivity contribution < 1.29 is 4.79 Å². The van der Waals surface area contributed by atoms with Crippen LogP contribution in [0.2, 0.25) is 5.02 Å². The molecular formula is C21H24ClNO. The molecule has 2 unspecified atom stereocenters. The van der Waals surface area contributed by atoms with Crippen molar-refractivity contribution in [3.05, 3.63) is 70.7 Å². The molecule has 1 heterocycles. The summed E-state index contributed by atoms with van der Waals surface area (Å²) in [6.45, 7) is 7.17. The normalized spacial score (nSPS) is 21.8. The molecule has 0 aromatic heterocycles. The van der Waals surface area contributed by atoms with Crippen LogP contribution in [-0.4, -0.2) is 17.4 Å². The summed E-state index contributed by atoms with van der Waals surface area (Å²) >= 11 is 6.17. The number of likely N-dealkylation sites (tertiary alicyclic amines) is 1. The molecule has 0 N–H and O–H groups in total. The van der Waals surface area contributed by atoms with E-state index in [4.69, 9.17) is 11.6 Å². The predicted molar refractivity (Wildman–Crippen MR) is 99.2 cm³/mol. The van der Waals surface area contributed by atoms with Crippen LogP contribution in [0.25, 0.3) is 0 Å². The number of piperidine rings is 1. The van der Waals surface area contributed by atoms with Gasteiger partial charge in [0.15, 0.2) is 0 Å². The van der Waals surface area contributed by atoms with Crippen LogP contribution in [0, 0.1) is 5.92 Å². The molecule has 2 aromatic rings. The third-order valence-corrected chi connectivity index (χ3v) is 5.51. The zero-order valence-corrected chi connectivity index (χ0v) is 15.3. The van der Waals surface area contributed by atoms with E-state index in [1.807, 2.05) is 41.3 Å². The summed E-state index contributed by atoms with van der Waals surface area (Å²) in [7, 11) is 0. The number of carbonyl (C=O) groups is 1. The van der Waals surface area contributed by atoms with Crippen molar-refractivity contribution in [2.45, 2.75) is 38.6 Å². The monoisotopic (exact) mass is 341 g/mol. The quantitative estimate of drug-likeness (QED) is 0.748. The zero-order valence-electron chi connectivity index (χ0n) is 14.5. The summed E-state index contributed by atoms with van der Waals surface area (Å²) in [6, 6.07) is 18.0. The summed E-state index contributed by atoms with van der Waals surface area (Å²) in [5.74, 6) is 0.495. The first-order valence-corrected chi connectivity index (χ1v) is 8.91. The van der Waals surface area contributed by atoms with Crippen molar-refractivity contribution in [1.82, 2.24) is 4.90 Å². The number of carbonyl (C=O) groups excluding carboxylic acids is 1. The lowest BCUT2D eigenvalue weighted by Crippen LogP contribution is -2.52. The average molecular weight is 342 g/mol. The van der Waals surface area contributed by atoms with Crippen molar-refractivity contribution in [2.24, 2.45) is 5.92 Å². The van der Waals surface area contributed by atoms with E-state index in [9.17, 15) is 4.79 Å². The van der Waals surface area contributed by atoms with Gasteiger partial charge in [-0.25, -0.2) is 0 Å². The fourth-order valence-corrected chi connectivity index (χ4v) is 3.92. The highest BCUT2D eigenvalue weighted by molar-refractivity contribution is 6.30. The van der Waals surface area contributed by atoms with E-state index in [-0.39, 0.29) is 17.4 Å². The number of amides is 1. The van der Waals surface area contributed by atoms with Crippen LogP contribution in [0.4, 0.5) is 0 Å². The first-order chi connectivity index (χ1) is 11.4. The highest BCUT2D eigenvalue weighted by Crippen LogP contribution is 2.39. The molecule has 1 saturated heterocycles. The number of hydrogen-bond acceptors (Lipinski definition) is 1. The third kappa shape index (κ3) is 3.08. The highest BCUT2D eigenvalue weighted by atomic mass is 35.5. The Morgan fingerprint density at radius 1 is 1.08 bits per heavy atom. The SMILES string of the molecule is CC1CCN(C(C)(C)c2cccc(Cl)c2)C(=O)C1c1ccccc1. The van der Waals surface area contributed by atoms with E-state index in [2.05, 4.69) is 39.0 Å². The summed E-state index contributed by atoms with van der Waals surface area (Å²) < 4.78 is 0. The van der Waals surface area contributed by atoms with E-state index >= 15 is 0 Å². The van der Waals surface area contributed by atoms with Crippen LogP contribution in [-0.2, 0) is 10.3 Å². The molecule has 3 heteroatoms. The first-order valence-electron chi connectivity index (χ1n) is 8.53. The van der Waals surface area contributed by atoms with Crippen LogP contribution in [0.3, 0.4) is 0 Å². The van der Waals surface area contributed by atoms with Gasteiger partial charge in [-0.05, 0) is 49.4 Å². The summed E-state index contributed by atoms with van der Waals surface area (Å²) in [5.41, 5.74) is 1.81. The molecule has 3 rings (SSSR count). The molecule has 0 saturated carbocycles. The van der Waals surface area contributed by atoms with Gasteiger partial charge in [0.2, 0.25) is 5.91 Å². The second-order valence-corrected chi connectivity index (χ2v) is 7.65. The fourth-order valence-electron chi connectivity index (χ4n) is 3.73. The Hall–Kier alpha value is -1.80. The van der Waals surface area contributed by atoms with Crippen molar-refractivity contribution in [3.8, 4) is 0 Å². The summed E-state index contributed by atoms with van der Waals surface area (Å²) in [5, 5.41) is 0.706. The van der Waals surface area contributed by atoms with E-state index in [1.54, 1.807) is 0 Å². The molecule has 2 nitrogen and oxygen atoms in total. The first kappa shape index (κ1) is 17.0. The number of halogens is 1. The van der Waals surface area contributed by atoms with E-state index in [0.29, 0.717) is 10.9 Å². The molecule has 126 valence electrons. The van der Waals surface area contributed by atoms with Crippen molar-refractivity contribution >= 4 is 17.5 Å². The molecule has 2 aromatic carbocycles. The Balaban J connectivity index is 1.95. The maximum absolute atomic E-state index is 13.3. The van der Waals surface area contributed by atoms with Gasteiger partial charge in [-0.15, -0.1) is 0 Å². The second kappa shape index (κ2) is 6.60. The zero-order chi connectivity index (χ0) is 17.3. The third-order valence-electron chi connectivity index (χ3n) is 5.27. The molecule has 1 aliphatic rings. The Morgan fingerprint density at radius 2 is 1.79 bits per heavy atom. The smallest absolute Gasteiger partial charge is 0.231 e. The van der Waals surface area contributed by atoms with Crippen LogP contribution in [0.5, 0.6) is 0 Å². The van der Waals surface area contributed by atoms with E-state index < -0.39 is 0 Å². The minimum Gasteiger partial charge on any atom is -0.333 e. The lowest BCUT2D eigenvalue weighted by molar-refractivity contribution is -0.143. The van der Waals surface area contributed by atoms with Gasteiger partial charge in [-0.2, -0.15) is 0 Å². The van der Waals surface area contributed by atoms with Crippen molar-refractivity contribution in [2.75, 3.05) is 6.54 Å². The maximum atomic E-state index is 13.3. The van der Waals surface area contributed by atoms with Gasteiger partial charge >= 0.3 is 0 Å². The number of hydrogen-bond donors (Lipinski definition) is 0. The Bertz CT molecular complexity index is 726. The standard InChI is InChI=1S/C21H24ClNO/c1-15-12-13-23(20(24)19(15)16-8-5-4-6-9-16)21(2,3)17-10-7-11-18(22)14-17/h4-11,14-15,19H,12-13H2,1-3H3. The molecule has 0 bridgehead atoms. The Labute approximate surface area is 149 Å². The van der Waals surface area contributed by atoms with E-state index in [0.717, 1.165) is 24.1 Å². The topological polar surface area (TPSA) is 20.3 Å². The molecule has 0 spiro atoms. The summed E-state index contributed by atoms with van der Waals surface area (Å²) in [4.78, 5) is 15.4. The van der Waals surface area contributed by atoms with Gasteiger partial charge in [0.25, 0.3) is 0 Å². The minimum atomic E-state index is -0.380. The lowest BCUT2D eigenvalue weighted by atomic mass is 9.78. The number of rotatable bonds is 3. The highest BCUT2D eigenvalue weighted by Gasteiger charge is 2.42. The largest absolute Gasteiger partial charge is 0.333 e. The van der Waals surface area contributed by atoms with Crippen LogP contribution in [0.1, 0.15) is 44.2 Å². The Kier molecular flexibility index (Phi) is 4.69. The molecule has 24 heavy (non-hydrogen) atoms. The van der Waals surface area contributed by atoms with Crippen LogP contribution >= 0.6 is 11.6 Å². The lowest BCUT2D eigenvalue weighted by Gasteiger charge is -2.46.